The van der Waals surface area contributed by atoms with Gasteiger partial charge in [0.25, 0.3) is 0 Å². The predicted octanol–water partition coefficient (Wildman–Crippen LogP) is 1.64. The summed E-state index contributed by atoms with van der Waals surface area (Å²) in [6.07, 6.45) is 3.30. The zero-order chi connectivity index (χ0) is 6.91. The molecule has 1 nitrogen and oxygen atoms in total. The van der Waals surface area contributed by atoms with E-state index in [1.54, 1.807) is 0 Å². The van der Waals surface area contributed by atoms with Gasteiger partial charge in [-0.1, -0.05) is 0 Å². The molecule has 0 bridgehead atoms. The number of allylic oxidation sites excluding steroid dienone is 2. The molecular weight excluding hydrogens is 124 g/mol. The Morgan fingerprint density at radius 1 is 1.67 bits per heavy atom. The molecule has 0 aliphatic carbocycles. The maximum absolute atomic E-state index is 12.6. The molecule has 0 aromatic heterocycles. The van der Waals surface area contributed by atoms with E-state index in [-0.39, 0.29) is 0 Å². The van der Waals surface area contributed by atoms with E-state index in [1.807, 2.05) is 0 Å². The van der Waals surface area contributed by atoms with Gasteiger partial charge in [-0.2, -0.15) is 0 Å². The van der Waals surface area contributed by atoms with E-state index in [1.165, 1.54) is 19.2 Å². The number of rotatable bonds is 0. The Labute approximate surface area is 52.1 Å². The van der Waals surface area contributed by atoms with Gasteiger partial charge in [0.2, 0.25) is 0 Å². The lowest BCUT2D eigenvalue weighted by Crippen LogP contribution is -2.33. The van der Waals surface area contributed by atoms with Crippen molar-refractivity contribution in [3.8, 4) is 0 Å². The average molecular weight is 131 g/mol. The summed E-state index contributed by atoms with van der Waals surface area (Å²) in [5, 5.41) is 2.33. The van der Waals surface area contributed by atoms with Crippen LogP contribution in [0.1, 0.15) is 6.92 Å². The minimum atomic E-state index is -1.72. The van der Waals surface area contributed by atoms with Gasteiger partial charge in [0.15, 0.2) is 5.79 Å². The summed E-state index contributed by atoms with van der Waals surface area (Å²) >= 11 is 0. The highest BCUT2D eigenvalue weighted by molar-refractivity contribution is 5.20. The maximum atomic E-state index is 12.6. The van der Waals surface area contributed by atoms with Crippen LogP contribution >= 0.6 is 0 Å². The number of halogens is 2. The molecule has 50 valence electrons. The molecule has 0 saturated carbocycles. The van der Waals surface area contributed by atoms with Crippen molar-refractivity contribution < 1.29 is 8.78 Å². The third-order valence-electron chi connectivity index (χ3n) is 1.02. The fourth-order valence-electron chi connectivity index (χ4n) is 0.633. The van der Waals surface area contributed by atoms with E-state index < -0.39 is 11.6 Å². The largest absolute Gasteiger partial charge is 0.357 e. The fourth-order valence-corrected chi connectivity index (χ4v) is 0.633. The quantitative estimate of drug-likeness (QED) is 0.493. The van der Waals surface area contributed by atoms with Crippen LogP contribution in [-0.2, 0) is 0 Å². The predicted molar refractivity (Wildman–Crippen MR) is 31.0 cm³/mol. The van der Waals surface area contributed by atoms with Crippen LogP contribution in [-0.4, -0.2) is 5.79 Å². The van der Waals surface area contributed by atoms with E-state index >= 15 is 0 Å². The zero-order valence-electron chi connectivity index (χ0n) is 4.99. The Kier molecular flexibility index (Phi) is 1.27. The van der Waals surface area contributed by atoms with Crippen LogP contribution in [0.2, 0.25) is 0 Å². The second-order valence-electron chi connectivity index (χ2n) is 2.08. The summed E-state index contributed by atoms with van der Waals surface area (Å²) in [6.45, 7) is 1.25. The van der Waals surface area contributed by atoms with Crippen LogP contribution < -0.4 is 5.32 Å². The van der Waals surface area contributed by atoms with Gasteiger partial charge in [0, 0.05) is 12.3 Å². The van der Waals surface area contributed by atoms with Crippen LogP contribution in [0, 0.1) is 0 Å². The van der Waals surface area contributed by atoms with Crippen molar-refractivity contribution in [2.45, 2.75) is 12.7 Å². The maximum Gasteiger partial charge on any atom is 0.199 e. The Hall–Kier alpha value is -0.860. The Morgan fingerprint density at radius 3 is 2.67 bits per heavy atom. The molecule has 9 heavy (non-hydrogen) atoms. The van der Waals surface area contributed by atoms with Gasteiger partial charge in [-0.3, -0.25) is 0 Å². The molecule has 0 radical (unpaired) electrons. The molecule has 1 aliphatic heterocycles. The summed E-state index contributed by atoms with van der Waals surface area (Å²) in [6, 6.07) is 0. The third-order valence-corrected chi connectivity index (χ3v) is 1.02. The first-order chi connectivity index (χ1) is 4.10. The fraction of sp³-hybridized carbons (Fsp3) is 0.333. The number of hydrogen-bond acceptors (Lipinski definition) is 1. The highest BCUT2D eigenvalue weighted by Crippen LogP contribution is 2.16. The van der Waals surface area contributed by atoms with E-state index in [4.69, 9.17) is 0 Å². The molecular formula is C6H7F2N. The standard InChI is InChI=1S/C6H7F2N/c1-6(8)4-5(7)2-3-9-6/h2-4,9H,1H3. The van der Waals surface area contributed by atoms with Gasteiger partial charge in [-0.05, 0) is 13.0 Å². The average Bonchev–Trinajstić information content (AvgIpc) is 1.60. The Bertz CT molecular complexity index is 170. The van der Waals surface area contributed by atoms with Crippen molar-refractivity contribution in [1.29, 1.82) is 0 Å². The van der Waals surface area contributed by atoms with Crippen molar-refractivity contribution >= 4 is 0 Å². The molecule has 3 heteroatoms. The van der Waals surface area contributed by atoms with Crippen LogP contribution in [0.15, 0.2) is 24.2 Å². The van der Waals surface area contributed by atoms with E-state index in [0.29, 0.717) is 0 Å². The minimum Gasteiger partial charge on any atom is -0.357 e. The smallest absolute Gasteiger partial charge is 0.199 e. The Morgan fingerprint density at radius 2 is 2.33 bits per heavy atom. The van der Waals surface area contributed by atoms with E-state index in [9.17, 15) is 8.78 Å². The van der Waals surface area contributed by atoms with E-state index in [2.05, 4.69) is 5.32 Å². The normalized spacial score (nSPS) is 33.4. The van der Waals surface area contributed by atoms with Gasteiger partial charge in [-0.25, -0.2) is 8.78 Å². The van der Waals surface area contributed by atoms with Gasteiger partial charge >= 0.3 is 0 Å². The molecule has 1 aliphatic rings. The lowest BCUT2D eigenvalue weighted by atomic mass is 10.2. The molecule has 1 N–H and O–H groups in total. The van der Waals surface area contributed by atoms with Crippen LogP contribution in [0.25, 0.3) is 0 Å². The molecule has 0 aromatic rings. The van der Waals surface area contributed by atoms with Crippen molar-refractivity contribution in [3.63, 3.8) is 0 Å². The van der Waals surface area contributed by atoms with Crippen molar-refractivity contribution in [2.75, 3.05) is 0 Å². The van der Waals surface area contributed by atoms with Gasteiger partial charge in [0.05, 0.1) is 0 Å². The monoisotopic (exact) mass is 131 g/mol. The third kappa shape index (κ3) is 1.52. The van der Waals surface area contributed by atoms with Crippen molar-refractivity contribution in [1.82, 2.24) is 5.32 Å². The van der Waals surface area contributed by atoms with E-state index in [0.717, 1.165) is 6.08 Å². The first kappa shape index (κ1) is 6.26. The van der Waals surface area contributed by atoms with Crippen molar-refractivity contribution in [3.05, 3.63) is 24.2 Å². The number of alkyl halides is 1. The summed E-state index contributed by atoms with van der Waals surface area (Å²) < 4.78 is 24.8. The van der Waals surface area contributed by atoms with Gasteiger partial charge in [0.1, 0.15) is 5.83 Å². The summed E-state index contributed by atoms with van der Waals surface area (Å²) in [4.78, 5) is 0. The topological polar surface area (TPSA) is 12.0 Å². The number of hydrogen-bond donors (Lipinski definition) is 1. The van der Waals surface area contributed by atoms with Crippen molar-refractivity contribution in [2.24, 2.45) is 0 Å². The lowest BCUT2D eigenvalue weighted by molar-refractivity contribution is 0.219. The number of nitrogens with one attached hydrogen (secondary N) is 1. The molecule has 0 aromatic carbocycles. The molecule has 1 unspecified atom stereocenters. The number of dihydropyridines is 1. The molecule has 0 spiro atoms. The first-order valence-corrected chi connectivity index (χ1v) is 2.62. The van der Waals surface area contributed by atoms with Gasteiger partial charge < -0.3 is 5.32 Å². The van der Waals surface area contributed by atoms with Gasteiger partial charge in [-0.15, -0.1) is 0 Å². The minimum absolute atomic E-state index is 0.543. The highest BCUT2D eigenvalue weighted by atomic mass is 19.2. The molecule has 1 atom stereocenters. The summed E-state index contributed by atoms with van der Waals surface area (Å²) in [5.74, 6) is -2.27. The summed E-state index contributed by atoms with van der Waals surface area (Å²) in [5.41, 5.74) is 0. The molecule has 1 rings (SSSR count). The second-order valence-corrected chi connectivity index (χ2v) is 2.08. The molecule has 0 amide bonds. The first-order valence-electron chi connectivity index (χ1n) is 2.62. The SMILES string of the molecule is CC1(F)C=C(F)C=CN1. The van der Waals surface area contributed by atoms with Crippen LogP contribution in [0.5, 0.6) is 0 Å². The zero-order valence-corrected chi connectivity index (χ0v) is 4.99. The lowest BCUT2D eigenvalue weighted by Gasteiger charge is -2.18. The Balaban J connectivity index is 2.78. The summed E-state index contributed by atoms with van der Waals surface area (Å²) in [7, 11) is 0. The second kappa shape index (κ2) is 1.83. The molecule has 1 heterocycles. The molecule has 0 fully saturated rings. The van der Waals surface area contributed by atoms with Crippen LogP contribution in [0.4, 0.5) is 8.78 Å². The molecule has 0 saturated heterocycles. The highest BCUT2D eigenvalue weighted by Gasteiger charge is 2.20. The van der Waals surface area contributed by atoms with Crippen LogP contribution in [0.3, 0.4) is 0 Å².